The molecular formula is C13H15NO2. The molecular weight excluding hydrogens is 202 g/mol. The minimum Gasteiger partial charge on any atom is -0.481 e. The van der Waals surface area contributed by atoms with Crippen molar-refractivity contribution in [3.05, 3.63) is 36.0 Å². The van der Waals surface area contributed by atoms with Crippen molar-refractivity contribution in [3.8, 4) is 0 Å². The van der Waals surface area contributed by atoms with Gasteiger partial charge in [0, 0.05) is 18.8 Å². The zero-order valence-corrected chi connectivity index (χ0v) is 9.47. The maximum absolute atomic E-state index is 11.1. The van der Waals surface area contributed by atoms with E-state index in [2.05, 4.69) is 0 Å². The van der Waals surface area contributed by atoms with E-state index in [-0.39, 0.29) is 0 Å². The lowest BCUT2D eigenvalue weighted by Crippen LogP contribution is -2.10. The van der Waals surface area contributed by atoms with Gasteiger partial charge in [-0.15, -0.1) is 0 Å². The van der Waals surface area contributed by atoms with Crippen LogP contribution in [0.2, 0.25) is 0 Å². The molecule has 3 nitrogen and oxygen atoms in total. The first kappa shape index (κ1) is 10.7. The Morgan fingerprint density at radius 2 is 2.19 bits per heavy atom. The molecule has 0 fully saturated rings. The van der Waals surface area contributed by atoms with Crippen LogP contribution in [0.5, 0.6) is 0 Å². The monoisotopic (exact) mass is 217 g/mol. The second kappa shape index (κ2) is 4.00. The summed E-state index contributed by atoms with van der Waals surface area (Å²) in [5.74, 6) is -1.16. The van der Waals surface area contributed by atoms with Gasteiger partial charge in [0.2, 0.25) is 0 Å². The SMILES string of the molecule is CCC(C(=O)O)c1ccc2ccn(C)c2c1. The first-order valence-corrected chi connectivity index (χ1v) is 5.41. The maximum atomic E-state index is 11.1. The van der Waals surface area contributed by atoms with Gasteiger partial charge in [0.15, 0.2) is 0 Å². The van der Waals surface area contributed by atoms with E-state index in [1.807, 2.05) is 49.0 Å². The Bertz CT molecular complexity index is 528. The quantitative estimate of drug-likeness (QED) is 0.859. The van der Waals surface area contributed by atoms with Crippen LogP contribution in [-0.2, 0) is 11.8 Å². The molecule has 0 amide bonds. The van der Waals surface area contributed by atoms with Crippen molar-refractivity contribution in [1.29, 1.82) is 0 Å². The molecule has 0 radical (unpaired) electrons. The number of hydrogen-bond acceptors (Lipinski definition) is 1. The lowest BCUT2D eigenvalue weighted by atomic mass is 9.96. The number of carboxylic acids is 1. The molecule has 0 aliphatic rings. The van der Waals surface area contributed by atoms with E-state index < -0.39 is 11.9 Å². The number of carbonyl (C=O) groups is 1. The van der Waals surface area contributed by atoms with Crippen molar-refractivity contribution in [2.24, 2.45) is 7.05 Å². The molecule has 1 aromatic heterocycles. The van der Waals surface area contributed by atoms with Crippen LogP contribution >= 0.6 is 0 Å². The van der Waals surface area contributed by atoms with Gasteiger partial charge < -0.3 is 9.67 Å². The molecule has 2 rings (SSSR count). The molecule has 0 aliphatic heterocycles. The van der Waals surface area contributed by atoms with E-state index in [0.29, 0.717) is 6.42 Å². The first-order valence-electron chi connectivity index (χ1n) is 5.41. The summed E-state index contributed by atoms with van der Waals surface area (Å²) >= 11 is 0. The van der Waals surface area contributed by atoms with Gasteiger partial charge in [-0.2, -0.15) is 0 Å². The van der Waals surface area contributed by atoms with Crippen molar-refractivity contribution in [2.45, 2.75) is 19.3 Å². The Labute approximate surface area is 94.3 Å². The second-order valence-corrected chi connectivity index (χ2v) is 4.04. The summed E-state index contributed by atoms with van der Waals surface area (Å²) in [4.78, 5) is 11.1. The van der Waals surface area contributed by atoms with Crippen molar-refractivity contribution < 1.29 is 9.90 Å². The summed E-state index contributed by atoms with van der Waals surface area (Å²) in [7, 11) is 1.97. The largest absolute Gasteiger partial charge is 0.481 e. The van der Waals surface area contributed by atoms with Gasteiger partial charge in [-0.3, -0.25) is 4.79 Å². The lowest BCUT2D eigenvalue weighted by Gasteiger charge is -2.10. The van der Waals surface area contributed by atoms with Gasteiger partial charge >= 0.3 is 5.97 Å². The van der Waals surface area contributed by atoms with Crippen LogP contribution in [0.4, 0.5) is 0 Å². The summed E-state index contributed by atoms with van der Waals surface area (Å²) in [6, 6.07) is 7.89. The van der Waals surface area contributed by atoms with Crippen molar-refractivity contribution >= 4 is 16.9 Å². The minimum atomic E-state index is -0.754. The molecule has 0 spiro atoms. The smallest absolute Gasteiger partial charge is 0.310 e. The number of nitrogens with zero attached hydrogens (tertiary/aromatic N) is 1. The molecule has 1 unspecified atom stereocenters. The van der Waals surface area contributed by atoms with Gasteiger partial charge in [0.05, 0.1) is 5.92 Å². The van der Waals surface area contributed by atoms with Crippen LogP contribution in [0.1, 0.15) is 24.8 Å². The van der Waals surface area contributed by atoms with Crippen LogP contribution in [0.15, 0.2) is 30.5 Å². The summed E-state index contributed by atoms with van der Waals surface area (Å²) in [5.41, 5.74) is 1.96. The molecule has 3 heteroatoms. The van der Waals surface area contributed by atoms with E-state index in [4.69, 9.17) is 5.11 Å². The highest BCUT2D eigenvalue weighted by atomic mass is 16.4. The number of fused-ring (bicyclic) bond motifs is 1. The Balaban J connectivity index is 2.52. The molecule has 1 N–H and O–H groups in total. The summed E-state index contributed by atoms with van der Waals surface area (Å²) in [6.07, 6.45) is 2.60. The predicted octanol–water partition coefficient (Wildman–Crippen LogP) is 2.76. The number of carboxylic acid groups (broad SMARTS) is 1. The van der Waals surface area contributed by atoms with Crippen molar-refractivity contribution in [3.63, 3.8) is 0 Å². The van der Waals surface area contributed by atoms with Crippen molar-refractivity contribution in [2.75, 3.05) is 0 Å². The molecule has 1 aromatic carbocycles. The third-order valence-corrected chi connectivity index (χ3v) is 3.02. The Morgan fingerprint density at radius 1 is 1.44 bits per heavy atom. The minimum absolute atomic E-state index is 0.403. The number of benzene rings is 1. The summed E-state index contributed by atoms with van der Waals surface area (Å²) in [6.45, 7) is 1.90. The van der Waals surface area contributed by atoms with E-state index in [1.165, 1.54) is 0 Å². The molecule has 16 heavy (non-hydrogen) atoms. The van der Waals surface area contributed by atoms with E-state index >= 15 is 0 Å². The fourth-order valence-corrected chi connectivity index (χ4v) is 2.05. The average molecular weight is 217 g/mol. The maximum Gasteiger partial charge on any atom is 0.310 e. The third kappa shape index (κ3) is 1.69. The molecule has 1 atom stereocenters. The van der Waals surface area contributed by atoms with E-state index in [9.17, 15) is 4.79 Å². The van der Waals surface area contributed by atoms with Crippen LogP contribution in [0, 0.1) is 0 Å². The Hall–Kier alpha value is -1.77. The zero-order chi connectivity index (χ0) is 11.7. The van der Waals surface area contributed by atoms with Crippen LogP contribution in [0.3, 0.4) is 0 Å². The molecule has 2 aromatic rings. The highest BCUT2D eigenvalue weighted by Gasteiger charge is 2.17. The van der Waals surface area contributed by atoms with Crippen LogP contribution in [0.25, 0.3) is 10.9 Å². The van der Waals surface area contributed by atoms with E-state index in [0.717, 1.165) is 16.5 Å². The van der Waals surface area contributed by atoms with Gasteiger partial charge in [-0.1, -0.05) is 19.1 Å². The molecule has 1 heterocycles. The van der Waals surface area contributed by atoms with Gasteiger partial charge in [0.1, 0.15) is 0 Å². The molecule has 0 saturated heterocycles. The second-order valence-electron chi connectivity index (χ2n) is 4.04. The Kier molecular flexibility index (Phi) is 2.69. The van der Waals surface area contributed by atoms with Gasteiger partial charge in [0.25, 0.3) is 0 Å². The van der Waals surface area contributed by atoms with Gasteiger partial charge in [-0.25, -0.2) is 0 Å². The van der Waals surface area contributed by atoms with E-state index in [1.54, 1.807) is 0 Å². The zero-order valence-electron chi connectivity index (χ0n) is 9.47. The number of hydrogen-bond donors (Lipinski definition) is 1. The first-order chi connectivity index (χ1) is 7.63. The van der Waals surface area contributed by atoms with Crippen molar-refractivity contribution in [1.82, 2.24) is 4.57 Å². The highest BCUT2D eigenvalue weighted by molar-refractivity contribution is 5.83. The molecule has 0 bridgehead atoms. The lowest BCUT2D eigenvalue weighted by molar-refractivity contribution is -0.138. The number of aliphatic carboxylic acids is 1. The highest BCUT2D eigenvalue weighted by Crippen LogP contribution is 2.24. The molecule has 0 saturated carbocycles. The van der Waals surface area contributed by atoms with Crippen LogP contribution < -0.4 is 0 Å². The number of rotatable bonds is 3. The summed E-state index contributed by atoms with van der Waals surface area (Å²) in [5, 5.41) is 10.3. The average Bonchev–Trinajstić information content (AvgIpc) is 2.61. The third-order valence-electron chi connectivity index (χ3n) is 3.02. The molecule has 0 aliphatic carbocycles. The fourth-order valence-electron chi connectivity index (χ4n) is 2.05. The summed E-state index contributed by atoms with van der Waals surface area (Å²) < 4.78 is 2.01. The standard InChI is InChI=1S/C13H15NO2/c1-3-11(13(15)16)10-5-4-9-6-7-14(2)12(9)8-10/h4-8,11H,3H2,1-2H3,(H,15,16). The number of aryl methyl sites for hydroxylation is 1. The Morgan fingerprint density at radius 3 is 2.81 bits per heavy atom. The van der Waals surface area contributed by atoms with Crippen LogP contribution in [-0.4, -0.2) is 15.6 Å². The number of aromatic nitrogens is 1. The van der Waals surface area contributed by atoms with Gasteiger partial charge in [-0.05, 0) is 29.5 Å². The normalized spacial score (nSPS) is 12.9. The topological polar surface area (TPSA) is 42.2 Å². The molecule has 84 valence electrons. The fraction of sp³-hybridized carbons (Fsp3) is 0.308. The predicted molar refractivity (Wildman–Crippen MR) is 63.6 cm³/mol.